The van der Waals surface area contributed by atoms with Gasteiger partial charge in [-0.3, -0.25) is 5.10 Å². The van der Waals surface area contributed by atoms with Crippen LogP contribution in [0.4, 0.5) is 10.5 Å². The molecule has 8 heteroatoms. The summed E-state index contributed by atoms with van der Waals surface area (Å²) >= 11 is 0. The van der Waals surface area contributed by atoms with Crippen molar-refractivity contribution in [3.05, 3.63) is 30.0 Å². The third-order valence-electron chi connectivity index (χ3n) is 2.55. The van der Waals surface area contributed by atoms with Gasteiger partial charge in [0.25, 0.3) is 0 Å². The predicted octanol–water partition coefficient (Wildman–Crippen LogP) is 1.40. The molecule has 2 rings (SSSR count). The average molecular weight is 276 g/mol. The smallest absolute Gasteiger partial charge is 0.319 e. The molecule has 0 radical (unpaired) electrons. The maximum atomic E-state index is 11.8. The van der Waals surface area contributed by atoms with Crippen LogP contribution in [0.15, 0.2) is 18.3 Å². The summed E-state index contributed by atoms with van der Waals surface area (Å²) in [5, 5.41) is 12.1. The van der Waals surface area contributed by atoms with Crippen molar-refractivity contribution in [2.75, 3.05) is 12.4 Å². The van der Waals surface area contributed by atoms with E-state index in [1.807, 2.05) is 0 Å². The van der Waals surface area contributed by atoms with Gasteiger partial charge in [-0.25, -0.2) is 14.8 Å². The molecule has 2 aromatic heterocycles. The van der Waals surface area contributed by atoms with E-state index in [0.29, 0.717) is 23.2 Å². The van der Waals surface area contributed by atoms with Crippen LogP contribution in [0, 0.1) is 6.92 Å². The first kappa shape index (κ1) is 13.8. The fourth-order valence-electron chi connectivity index (χ4n) is 1.56. The molecule has 1 atom stereocenters. The number of urea groups is 1. The van der Waals surface area contributed by atoms with E-state index in [4.69, 9.17) is 4.74 Å². The van der Waals surface area contributed by atoms with Gasteiger partial charge in [0.05, 0.1) is 25.0 Å². The standard InChI is InChI=1S/C12H16N6O2/c1-7(11-15-8(2)17-18-11)14-12(19)16-9-4-5-10(20-3)13-6-9/h4-7H,1-3H3,(H2,14,16,19)(H,15,17,18). The number of H-pyrrole nitrogens is 1. The third kappa shape index (κ3) is 3.44. The fourth-order valence-corrected chi connectivity index (χ4v) is 1.56. The lowest BCUT2D eigenvalue weighted by Crippen LogP contribution is -2.31. The number of carbonyl (C=O) groups is 1. The minimum absolute atomic E-state index is 0.300. The molecule has 0 saturated carbocycles. The van der Waals surface area contributed by atoms with Crippen molar-refractivity contribution < 1.29 is 9.53 Å². The summed E-state index contributed by atoms with van der Waals surface area (Å²) in [5.41, 5.74) is 0.571. The summed E-state index contributed by atoms with van der Waals surface area (Å²) in [6.07, 6.45) is 1.51. The Bertz CT molecular complexity index is 580. The highest BCUT2D eigenvalue weighted by Gasteiger charge is 2.13. The molecule has 0 fully saturated rings. The molecule has 8 nitrogen and oxygen atoms in total. The Kier molecular flexibility index (Phi) is 4.14. The number of hydrogen-bond acceptors (Lipinski definition) is 5. The monoisotopic (exact) mass is 276 g/mol. The van der Waals surface area contributed by atoms with Gasteiger partial charge in [0.15, 0.2) is 5.82 Å². The van der Waals surface area contributed by atoms with Crippen LogP contribution in [0.5, 0.6) is 5.88 Å². The zero-order valence-electron chi connectivity index (χ0n) is 11.5. The number of amides is 2. The fraction of sp³-hybridized carbons (Fsp3) is 0.333. The maximum absolute atomic E-state index is 11.8. The molecular weight excluding hydrogens is 260 g/mol. The number of pyridine rings is 1. The van der Waals surface area contributed by atoms with Crippen molar-refractivity contribution in [2.24, 2.45) is 0 Å². The number of hydrogen-bond donors (Lipinski definition) is 3. The number of aromatic nitrogens is 4. The first-order valence-corrected chi connectivity index (χ1v) is 6.05. The van der Waals surface area contributed by atoms with E-state index in [1.54, 1.807) is 26.0 Å². The first-order valence-electron chi connectivity index (χ1n) is 6.05. The van der Waals surface area contributed by atoms with Gasteiger partial charge in [-0.15, -0.1) is 0 Å². The number of ether oxygens (including phenoxy) is 1. The lowest BCUT2D eigenvalue weighted by Gasteiger charge is -2.11. The number of carbonyl (C=O) groups excluding carboxylic acids is 1. The van der Waals surface area contributed by atoms with Gasteiger partial charge in [-0.05, 0) is 19.9 Å². The predicted molar refractivity (Wildman–Crippen MR) is 72.5 cm³/mol. The van der Waals surface area contributed by atoms with Gasteiger partial charge in [0.1, 0.15) is 5.82 Å². The van der Waals surface area contributed by atoms with Crippen LogP contribution in [0.3, 0.4) is 0 Å². The molecule has 1 unspecified atom stereocenters. The van der Waals surface area contributed by atoms with Crippen molar-refractivity contribution in [1.29, 1.82) is 0 Å². The number of methoxy groups -OCH3 is 1. The minimum Gasteiger partial charge on any atom is -0.481 e. The van der Waals surface area contributed by atoms with Crippen molar-refractivity contribution in [1.82, 2.24) is 25.5 Å². The molecule has 106 valence electrons. The summed E-state index contributed by atoms with van der Waals surface area (Å²) in [5.74, 6) is 1.72. The quantitative estimate of drug-likeness (QED) is 0.782. The molecule has 0 aliphatic rings. The van der Waals surface area contributed by atoms with Crippen molar-refractivity contribution in [2.45, 2.75) is 19.9 Å². The molecule has 2 aromatic rings. The molecule has 0 saturated heterocycles. The SMILES string of the molecule is COc1ccc(NC(=O)NC(C)c2n[nH]c(C)n2)cn1. The molecular formula is C12H16N6O2. The summed E-state index contributed by atoms with van der Waals surface area (Å²) in [4.78, 5) is 20.0. The number of rotatable bonds is 4. The van der Waals surface area contributed by atoms with E-state index < -0.39 is 0 Å². The van der Waals surface area contributed by atoms with Gasteiger partial charge in [-0.1, -0.05) is 0 Å². The highest BCUT2D eigenvalue weighted by molar-refractivity contribution is 5.89. The van der Waals surface area contributed by atoms with Crippen LogP contribution in [0.25, 0.3) is 0 Å². The Morgan fingerprint density at radius 2 is 2.25 bits per heavy atom. The second-order valence-corrected chi connectivity index (χ2v) is 4.19. The van der Waals surface area contributed by atoms with E-state index in [0.717, 1.165) is 0 Å². The van der Waals surface area contributed by atoms with Gasteiger partial charge in [0.2, 0.25) is 5.88 Å². The zero-order valence-corrected chi connectivity index (χ0v) is 11.5. The van der Waals surface area contributed by atoms with E-state index in [-0.39, 0.29) is 12.1 Å². The minimum atomic E-state index is -0.355. The second kappa shape index (κ2) is 6.00. The molecule has 20 heavy (non-hydrogen) atoms. The molecule has 2 heterocycles. The van der Waals surface area contributed by atoms with E-state index in [9.17, 15) is 4.79 Å². The molecule has 0 spiro atoms. The highest BCUT2D eigenvalue weighted by atomic mass is 16.5. The van der Waals surface area contributed by atoms with Crippen LogP contribution in [-0.2, 0) is 0 Å². The number of nitrogens with one attached hydrogen (secondary N) is 3. The van der Waals surface area contributed by atoms with E-state index in [2.05, 4.69) is 30.8 Å². The number of nitrogens with zero attached hydrogens (tertiary/aromatic N) is 3. The summed E-state index contributed by atoms with van der Waals surface area (Å²) < 4.78 is 4.94. The maximum Gasteiger partial charge on any atom is 0.319 e. The molecule has 0 aliphatic carbocycles. The Morgan fingerprint density at radius 3 is 2.80 bits per heavy atom. The second-order valence-electron chi connectivity index (χ2n) is 4.19. The molecule has 0 bridgehead atoms. The number of anilines is 1. The lowest BCUT2D eigenvalue weighted by atomic mass is 10.3. The average Bonchev–Trinajstić information content (AvgIpc) is 2.86. The van der Waals surface area contributed by atoms with Gasteiger partial charge < -0.3 is 15.4 Å². The van der Waals surface area contributed by atoms with Crippen LogP contribution < -0.4 is 15.4 Å². The zero-order chi connectivity index (χ0) is 14.5. The first-order chi connectivity index (χ1) is 9.58. The molecule has 0 aliphatic heterocycles. The topological polar surface area (TPSA) is 105 Å². The Morgan fingerprint density at radius 1 is 1.45 bits per heavy atom. The van der Waals surface area contributed by atoms with Crippen LogP contribution >= 0.6 is 0 Å². The van der Waals surface area contributed by atoms with Crippen molar-refractivity contribution in [3.63, 3.8) is 0 Å². The normalized spacial score (nSPS) is 11.8. The Hall–Kier alpha value is -2.64. The summed E-state index contributed by atoms with van der Waals surface area (Å²) in [6, 6.07) is 2.71. The van der Waals surface area contributed by atoms with Crippen molar-refractivity contribution >= 4 is 11.7 Å². The molecule has 0 aromatic carbocycles. The highest BCUT2D eigenvalue weighted by Crippen LogP contribution is 2.11. The van der Waals surface area contributed by atoms with Crippen LogP contribution in [0.1, 0.15) is 24.6 Å². The Labute approximate surface area is 116 Å². The number of aromatic amines is 1. The largest absolute Gasteiger partial charge is 0.481 e. The van der Waals surface area contributed by atoms with Gasteiger partial charge in [-0.2, -0.15) is 5.10 Å². The van der Waals surface area contributed by atoms with Crippen molar-refractivity contribution in [3.8, 4) is 5.88 Å². The van der Waals surface area contributed by atoms with Gasteiger partial charge in [0, 0.05) is 6.07 Å². The molecule has 2 amide bonds. The van der Waals surface area contributed by atoms with E-state index in [1.165, 1.54) is 13.3 Å². The van der Waals surface area contributed by atoms with Gasteiger partial charge >= 0.3 is 6.03 Å². The molecule has 3 N–H and O–H groups in total. The Balaban J connectivity index is 1.91. The van der Waals surface area contributed by atoms with E-state index >= 15 is 0 Å². The number of aryl methyl sites for hydroxylation is 1. The third-order valence-corrected chi connectivity index (χ3v) is 2.55. The summed E-state index contributed by atoms with van der Waals surface area (Å²) in [6.45, 7) is 3.60. The van der Waals surface area contributed by atoms with Crippen LogP contribution in [0.2, 0.25) is 0 Å². The lowest BCUT2D eigenvalue weighted by molar-refractivity contribution is 0.249. The summed E-state index contributed by atoms with van der Waals surface area (Å²) in [7, 11) is 1.53. The van der Waals surface area contributed by atoms with Crippen LogP contribution in [-0.4, -0.2) is 33.3 Å².